The van der Waals surface area contributed by atoms with E-state index in [9.17, 15) is 4.79 Å². The third-order valence-electron chi connectivity index (χ3n) is 6.01. The number of thiophene rings is 1. The molecule has 1 aromatic carbocycles. The molecule has 2 atom stereocenters. The van der Waals surface area contributed by atoms with Crippen LogP contribution in [-0.4, -0.2) is 25.2 Å². The van der Waals surface area contributed by atoms with Crippen LogP contribution in [0.25, 0.3) is 0 Å². The van der Waals surface area contributed by atoms with Crippen molar-refractivity contribution in [2.45, 2.75) is 31.6 Å². The zero-order valence-electron chi connectivity index (χ0n) is 17.0. The molecule has 2 aliphatic rings. The molecule has 0 saturated heterocycles. The average Bonchev–Trinajstić information content (AvgIpc) is 3.42. The number of methoxy groups -OCH3 is 2. The lowest BCUT2D eigenvalue weighted by atomic mass is 9.73. The minimum atomic E-state index is -0.132. The van der Waals surface area contributed by atoms with E-state index in [-0.39, 0.29) is 17.6 Å². The van der Waals surface area contributed by atoms with E-state index in [0.29, 0.717) is 23.8 Å². The molecule has 3 heterocycles. The third-order valence-corrected chi connectivity index (χ3v) is 6.71. The number of hydrogen-bond donors (Lipinski definition) is 1. The fourth-order valence-electron chi connectivity index (χ4n) is 4.59. The van der Waals surface area contributed by atoms with Gasteiger partial charge in [-0.15, -0.1) is 0 Å². The molecule has 0 radical (unpaired) electrons. The van der Waals surface area contributed by atoms with Gasteiger partial charge in [0.15, 0.2) is 17.3 Å². The van der Waals surface area contributed by atoms with Crippen LogP contribution in [0.2, 0.25) is 0 Å². The number of benzene rings is 1. The lowest BCUT2D eigenvalue weighted by molar-refractivity contribution is -0.116. The van der Waals surface area contributed by atoms with Crippen LogP contribution in [0.5, 0.6) is 11.5 Å². The molecule has 0 fully saturated rings. The van der Waals surface area contributed by atoms with Gasteiger partial charge in [0.2, 0.25) is 5.88 Å². The average molecular weight is 423 g/mol. The molecule has 1 N–H and O–H groups in total. The highest BCUT2D eigenvalue weighted by Crippen LogP contribution is 2.49. The second-order valence-electron chi connectivity index (χ2n) is 7.66. The van der Waals surface area contributed by atoms with Crippen molar-refractivity contribution in [3.05, 3.63) is 68.7 Å². The first-order chi connectivity index (χ1) is 14.6. The summed E-state index contributed by atoms with van der Waals surface area (Å²) in [6.45, 7) is 1.93. The van der Waals surface area contributed by atoms with Crippen molar-refractivity contribution in [3.63, 3.8) is 0 Å². The second-order valence-corrected chi connectivity index (χ2v) is 8.44. The van der Waals surface area contributed by atoms with E-state index < -0.39 is 0 Å². The number of fused-ring (bicyclic) bond motifs is 1. The molecule has 30 heavy (non-hydrogen) atoms. The van der Waals surface area contributed by atoms with Crippen LogP contribution in [0.15, 0.2) is 50.8 Å². The van der Waals surface area contributed by atoms with Gasteiger partial charge in [-0.25, -0.2) is 0 Å². The number of hydrogen-bond acceptors (Lipinski definition) is 7. The zero-order valence-corrected chi connectivity index (χ0v) is 17.8. The minimum Gasteiger partial charge on any atom is -0.493 e. The van der Waals surface area contributed by atoms with Crippen molar-refractivity contribution in [2.24, 2.45) is 0 Å². The molecule has 6 nitrogen and oxygen atoms in total. The number of anilines is 1. The molecule has 154 valence electrons. The van der Waals surface area contributed by atoms with Gasteiger partial charge in [0.05, 0.1) is 25.5 Å². The van der Waals surface area contributed by atoms with Gasteiger partial charge in [0.1, 0.15) is 0 Å². The highest BCUT2D eigenvalue weighted by molar-refractivity contribution is 7.08. The van der Waals surface area contributed by atoms with Gasteiger partial charge in [-0.3, -0.25) is 4.79 Å². The number of carbonyl (C=O) groups is 1. The van der Waals surface area contributed by atoms with E-state index in [1.54, 1.807) is 25.6 Å². The summed E-state index contributed by atoms with van der Waals surface area (Å²) in [4.78, 5) is 13.4. The van der Waals surface area contributed by atoms with Crippen molar-refractivity contribution in [1.29, 1.82) is 0 Å². The number of rotatable bonds is 4. The molecule has 3 aromatic rings. The SMILES string of the molecule is COc1ccc([C@H]2CC(=O)C3=C(C2)Nc2onc(C)c2[C@H]3c2ccsc2)cc1OC. The number of aromatic nitrogens is 1. The summed E-state index contributed by atoms with van der Waals surface area (Å²) >= 11 is 1.63. The van der Waals surface area contributed by atoms with Gasteiger partial charge >= 0.3 is 0 Å². The highest BCUT2D eigenvalue weighted by atomic mass is 32.1. The molecule has 7 heteroatoms. The number of carbonyl (C=O) groups excluding carboxylic acids is 1. The van der Waals surface area contributed by atoms with Crippen LogP contribution in [-0.2, 0) is 4.79 Å². The Balaban J connectivity index is 1.56. The van der Waals surface area contributed by atoms with Crippen LogP contribution in [0.3, 0.4) is 0 Å². The Hall–Kier alpha value is -3.06. The largest absolute Gasteiger partial charge is 0.493 e. The Kier molecular flexibility index (Phi) is 4.62. The van der Waals surface area contributed by atoms with Gasteiger partial charge in [-0.05, 0) is 59.3 Å². The van der Waals surface area contributed by atoms with Gasteiger partial charge < -0.3 is 19.3 Å². The van der Waals surface area contributed by atoms with Gasteiger partial charge in [0, 0.05) is 23.6 Å². The maximum Gasteiger partial charge on any atom is 0.233 e. The standard InChI is InChI=1S/C23H22N2O4S/c1-12-20-21(14-6-7-30-11-14)22-16(24-23(20)29-25-12)8-15(9-17(22)26)13-4-5-18(27-2)19(10-13)28-3/h4-7,10-11,15,21,24H,8-9H2,1-3H3/t15-,21-/m1/s1. The maximum atomic E-state index is 13.4. The number of ether oxygens (including phenoxy) is 2. The van der Waals surface area contributed by atoms with Gasteiger partial charge in [-0.2, -0.15) is 11.3 Å². The Labute approximate surface area is 178 Å². The summed E-state index contributed by atoms with van der Waals surface area (Å²) in [5, 5.41) is 11.7. The lowest BCUT2D eigenvalue weighted by Gasteiger charge is -2.34. The minimum absolute atomic E-state index is 0.0530. The van der Waals surface area contributed by atoms with E-state index in [0.717, 1.165) is 40.1 Å². The summed E-state index contributed by atoms with van der Waals surface area (Å²) < 4.78 is 16.4. The van der Waals surface area contributed by atoms with Crippen LogP contribution >= 0.6 is 11.3 Å². The fraction of sp³-hybridized carbons (Fsp3) is 0.304. The Morgan fingerprint density at radius 3 is 2.70 bits per heavy atom. The monoisotopic (exact) mass is 422 g/mol. The van der Waals surface area contributed by atoms with E-state index in [2.05, 4.69) is 21.9 Å². The quantitative estimate of drug-likeness (QED) is 0.636. The molecule has 0 amide bonds. The summed E-state index contributed by atoms with van der Waals surface area (Å²) in [5.41, 5.74) is 5.70. The fourth-order valence-corrected chi connectivity index (χ4v) is 5.27. The Bertz CT molecular complexity index is 1150. The van der Waals surface area contributed by atoms with Crippen molar-refractivity contribution in [2.75, 3.05) is 19.5 Å². The Morgan fingerprint density at radius 2 is 1.97 bits per heavy atom. The Morgan fingerprint density at radius 1 is 1.13 bits per heavy atom. The number of nitrogens with zero attached hydrogens (tertiary/aromatic N) is 1. The molecule has 0 spiro atoms. The van der Waals surface area contributed by atoms with Crippen molar-refractivity contribution >= 4 is 23.0 Å². The van der Waals surface area contributed by atoms with Crippen molar-refractivity contribution in [3.8, 4) is 11.5 Å². The predicted octanol–water partition coefficient (Wildman–Crippen LogP) is 5.02. The molecular formula is C23H22N2O4S. The van der Waals surface area contributed by atoms with Gasteiger partial charge in [0.25, 0.3) is 0 Å². The summed E-state index contributed by atoms with van der Waals surface area (Å²) in [7, 11) is 3.24. The number of Topliss-reactive ketones (excluding diaryl/α,β-unsaturated/α-hetero) is 1. The summed E-state index contributed by atoms with van der Waals surface area (Å²) in [6.07, 6.45) is 1.17. The van der Waals surface area contributed by atoms with Crippen LogP contribution in [0.4, 0.5) is 5.88 Å². The van der Waals surface area contributed by atoms with E-state index in [1.807, 2.05) is 30.5 Å². The van der Waals surface area contributed by atoms with Crippen molar-refractivity contribution < 1.29 is 18.8 Å². The highest BCUT2D eigenvalue weighted by Gasteiger charge is 2.41. The van der Waals surface area contributed by atoms with Gasteiger partial charge in [-0.1, -0.05) is 11.2 Å². The van der Waals surface area contributed by atoms with E-state index >= 15 is 0 Å². The normalized spacial score (nSPS) is 20.4. The summed E-state index contributed by atoms with van der Waals surface area (Å²) in [6, 6.07) is 7.94. The number of nitrogens with one attached hydrogen (secondary N) is 1. The van der Waals surface area contributed by atoms with E-state index in [1.165, 1.54) is 0 Å². The topological polar surface area (TPSA) is 73.6 Å². The molecular weight excluding hydrogens is 400 g/mol. The third kappa shape index (κ3) is 2.92. The van der Waals surface area contributed by atoms with Crippen LogP contribution in [0.1, 0.15) is 47.1 Å². The molecule has 1 aliphatic heterocycles. The second kappa shape index (κ2) is 7.32. The smallest absolute Gasteiger partial charge is 0.233 e. The molecule has 5 rings (SSSR count). The zero-order chi connectivity index (χ0) is 20.8. The first-order valence-electron chi connectivity index (χ1n) is 9.84. The molecule has 0 saturated carbocycles. The molecule has 2 aromatic heterocycles. The number of ketones is 1. The number of aryl methyl sites for hydroxylation is 1. The van der Waals surface area contributed by atoms with E-state index in [4.69, 9.17) is 14.0 Å². The maximum absolute atomic E-state index is 13.4. The van der Waals surface area contributed by atoms with Crippen LogP contribution < -0.4 is 14.8 Å². The first-order valence-corrected chi connectivity index (χ1v) is 10.8. The molecule has 0 unspecified atom stereocenters. The lowest BCUT2D eigenvalue weighted by Crippen LogP contribution is -2.29. The van der Waals surface area contributed by atoms with Crippen molar-refractivity contribution in [1.82, 2.24) is 5.16 Å². The first kappa shape index (κ1) is 18.9. The molecule has 0 bridgehead atoms. The summed E-state index contributed by atoms with van der Waals surface area (Å²) in [5.74, 6) is 2.07. The number of allylic oxidation sites excluding steroid dienone is 2. The van der Waals surface area contributed by atoms with Crippen LogP contribution in [0, 0.1) is 6.92 Å². The molecule has 1 aliphatic carbocycles. The predicted molar refractivity (Wildman–Crippen MR) is 115 cm³/mol.